The van der Waals surface area contributed by atoms with Crippen LogP contribution in [0, 0.1) is 0 Å². The zero-order valence-corrected chi connectivity index (χ0v) is 20.3. The zero-order valence-electron chi connectivity index (χ0n) is 19.4. The van der Waals surface area contributed by atoms with Gasteiger partial charge in [-0.2, -0.15) is 5.10 Å². The fourth-order valence-corrected chi connectivity index (χ4v) is 4.85. The number of thiazole rings is 1. The highest BCUT2D eigenvalue weighted by atomic mass is 32.1. The quantitative estimate of drug-likeness (QED) is 0.546. The summed E-state index contributed by atoms with van der Waals surface area (Å²) in [6, 6.07) is 7.20. The van der Waals surface area contributed by atoms with Gasteiger partial charge in [0.15, 0.2) is 12.0 Å². The van der Waals surface area contributed by atoms with E-state index in [0.717, 1.165) is 5.56 Å². The lowest BCUT2D eigenvalue weighted by atomic mass is 9.85. The number of Topliss-reactive ketones (excluding diaryl/α,β-unsaturated/α-hetero) is 1. The molecular formula is C24H28N4O4S. The summed E-state index contributed by atoms with van der Waals surface area (Å²) < 4.78 is 13.3. The Kier molecular flexibility index (Phi) is 6.11. The summed E-state index contributed by atoms with van der Waals surface area (Å²) in [7, 11) is 1.59. The number of benzene rings is 1. The van der Waals surface area contributed by atoms with E-state index >= 15 is 0 Å². The summed E-state index contributed by atoms with van der Waals surface area (Å²) in [5.41, 5.74) is 0.0224. The fraction of sp³-hybridized carbons (Fsp3) is 0.417. The normalized spacial score (nSPS) is 20.8. The third-order valence-corrected chi connectivity index (χ3v) is 6.76. The maximum Gasteiger partial charge on any atom is 0.257 e. The molecule has 2 aromatic heterocycles. The van der Waals surface area contributed by atoms with Gasteiger partial charge in [-0.05, 0) is 36.1 Å². The van der Waals surface area contributed by atoms with E-state index in [0.29, 0.717) is 16.3 Å². The number of ketones is 1. The first kappa shape index (κ1) is 23.1. The molecule has 0 bridgehead atoms. The molecule has 3 heterocycles. The number of carbonyl (C=O) groups is 2. The van der Waals surface area contributed by atoms with Gasteiger partial charge in [0.05, 0.1) is 20.3 Å². The number of nitrogens with zero attached hydrogens (tertiary/aromatic N) is 4. The first-order valence-electron chi connectivity index (χ1n) is 10.7. The molecule has 9 heteroatoms. The molecule has 174 valence electrons. The number of carbonyl (C=O) groups excluding carboxylic acids is 2. The van der Waals surface area contributed by atoms with E-state index in [-0.39, 0.29) is 30.3 Å². The van der Waals surface area contributed by atoms with Gasteiger partial charge in [0.1, 0.15) is 16.3 Å². The summed E-state index contributed by atoms with van der Waals surface area (Å²) >= 11 is 1.38. The molecule has 0 N–H and O–H groups in total. The Morgan fingerprint density at radius 2 is 2.09 bits per heavy atom. The van der Waals surface area contributed by atoms with E-state index < -0.39 is 11.8 Å². The number of aromatic nitrogens is 3. The van der Waals surface area contributed by atoms with E-state index in [1.54, 1.807) is 48.6 Å². The smallest absolute Gasteiger partial charge is 0.257 e. The molecule has 0 radical (unpaired) electrons. The predicted molar refractivity (Wildman–Crippen MR) is 124 cm³/mol. The monoisotopic (exact) mass is 468 g/mol. The van der Waals surface area contributed by atoms with Crippen LogP contribution in [0.2, 0.25) is 0 Å². The van der Waals surface area contributed by atoms with Crippen molar-refractivity contribution in [3.63, 3.8) is 0 Å². The van der Waals surface area contributed by atoms with Gasteiger partial charge in [0.2, 0.25) is 0 Å². The summed E-state index contributed by atoms with van der Waals surface area (Å²) in [5, 5.41) is 6.70. The van der Waals surface area contributed by atoms with Crippen molar-refractivity contribution in [2.75, 3.05) is 13.7 Å². The second-order valence-electron chi connectivity index (χ2n) is 9.17. The first-order valence-corrected chi connectivity index (χ1v) is 11.6. The third kappa shape index (κ3) is 4.18. The maximum absolute atomic E-state index is 14.0. The van der Waals surface area contributed by atoms with Crippen molar-refractivity contribution in [2.45, 2.75) is 51.4 Å². The van der Waals surface area contributed by atoms with Crippen molar-refractivity contribution in [2.24, 2.45) is 0 Å². The Bertz CT molecular complexity index is 1140. The molecule has 8 nitrogen and oxygen atoms in total. The minimum absolute atomic E-state index is 0.0510. The van der Waals surface area contributed by atoms with E-state index in [4.69, 9.17) is 9.47 Å². The molecule has 0 saturated carbocycles. The van der Waals surface area contributed by atoms with Gasteiger partial charge in [-0.1, -0.05) is 26.8 Å². The van der Waals surface area contributed by atoms with Crippen LogP contribution in [-0.4, -0.2) is 50.6 Å². The number of hydrogen-bond donors (Lipinski definition) is 0. The molecule has 33 heavy (non-hydrogen) atoms. The van der Waals surface area contributed by atoms with Crippen molar-refractivity contribution >= 4 is 23.0 Å². The lowest BCUT2D eigenvalue weighted by Gasteiger charge is -2.36. The van der Waals surface area contributed by atoms with Gasteiger partial charge < -0.3 is 9.47 Å². The van der Waals surface area contributed by atoms with E-state index in [1.165, 1.54) is 23.2 Å². The minimum Gasteiger partial charge on any atom is -0.496 e. The Hall–Kier alpha value is -3.04. The topological polar surface area (TPSA) is 86.5 Å². The fourth-order valence-electron chi connectivity index (χ4n) is 4.17. The lowest BCUT2D eigenvalue weighted by molar-refractivity contribution is -0.127. The van der Waals surface area contributed by atoms with Crippen LogP contribution >= 0.6 is 11.3 Å². The largest absolute Gasteiger partial charge is 0.496 e. The van der Waals surface area contributed by atoms with Crippen LogP contribution in [0.15, 0.2) is 48.2 Å². The highest BCUT2D eigenvalue weighted by Crippen LogP contribution is 2.41. The predicted octanol–water partition coefficient (Wildman–Crippen LogP) is 3.84. The van der Waals surface area contributed by atoms with Crippen LogP contribution < -0.4 is 4.74 Å². The molecule has 1 aliphatic rings. The Labute approximate surface area is 197 Å². The van der Waals surface area contributed by atoms with Gasteiger partial charge in [-0.15, -0.1) is 11.3 Å². The molecule has 4 rings (SSSR count). The molecule has 1 aromatic carbocycles. The molecule has 1 saturated heterocycles. The average Bonchev–Trinajstić information content (AvgIpc) is 3.53. The van der Waals surface area contributed by atoms with Crippen molar-refractivity contribution < 1.29 is 19.1 Å². The van der Waals surface area contributed by atoms with Crippen molar-refractivity contribution in [1.82, 2.24) is 19.7 Å². The summed E-state index contributed by atoms with van der Waals surface area (Å²) in [4.78, 5) is 33.0. The van der Waals surface area contributed by atoms with Gasteiger partial charge >= 0.3 is 0 Å². The van der Waals surface area contributed by atoms with Gasteiger partial charge in [-0.3, -0.25) is 19.2 Å². The van der Waals surface area contributed by atoms with Gasteiger partial charge in [-0.25, -0.2) is 4.98 Å². The number of methoxy groups -OCH3 is 1. The third-order valence-electron chi connectivity index (χ3n) is 5.95. The summed E-state index contributed by atoms with van der Waals surface area (Å²) in [5.74, 6) is 0.122. The standard InChI is InChI=1S/C24H28N4O4S/c1-16(29)24(14-27-11-6-9-26-27)15-32-22(20-25-10-12-33-20)28(24)21(30)17-7-8-18(23(2,3)4)19(13-17)31-5/h6-13,22H,14-15H2,1-5H3. The molecule has 2 unspecified atom stereocenters. The maximum atomic E-state index is 14.0. The molecule has 1 amide bonds. The van der Waals surface area contributed by atoms with E-state index in [9.17, 15) is 9.59 Å². The Balaban J connectivity index is 1.82. The van der Waals surface area contributed by atoms with E-state index in [1.807, 2.05) is 11.4 Å². The van der Waals surface area contributed by atoms with Crippen LogP contribution in [0.4, 0.5) is 0 Å². The van der Waals surface area contributed by atoms with Gasteiger partial charge in [0.25, 0.3) is 5.91 Å². The SMILES string of the molecule is COc1cc(C(=O)N2C(c3nccs3)OCC2(Cn2cccn2)C(C)=O)ccc1C(C)(C)C. The average molecular weight is 469 g/mol. The van der Waals surface area contributed by atoms with E-state index in [2.05, 4.69) is 30.9 Å². The van der Waals surface area contributed by atoms with Crippen molar-refractivity contribution in [3.05, 3.63) is 64.4 Å². The molecular weight excluding hydrogens is 440 g/mol. The molecule has 0 aliphatic carbocycles. The number of amides is 1. The molecule has 2 atom stereocenters. The number of hydrogen-bond acceptors (Lipinski definition) is 7. The van der Waals surface area contributed by atoms with Crippen molar-refractivity contribution in [3.8, 4) is 5.75 Å². The van der Waals surface area contributed by atoms with Crippen LogP contribution in [0.5, 0.6) is 5.75 Å². The highest BCUT2D eigenvalue weighted by Gasteiger charge is 2.55. The van der Waals surface area contributed by atoms with Crippen molar-refractivity contribution in [1.29, 1.82) is 0 Å². The van der Waals surface area contributed by atoms with Crippen LogP contribution in [0.1, 0.15) is 54.9 Å². The summed E-state index contributed by atoms with van der Waals surface area (Å²) in [6.45, 7) is 7.98. The second-order valence-corrected chi connectivity index (χ2v) is 10.1. The van der Waals surface area contributed by atoms with Crippen LogP contribution in [-0.2, 0) is 21.5 Å². The van der Waals surface area contributed by atoms with Gasteiger partial charge in [0, 0.05) is 29.5 Å². The molecule has 3 aromatic rings. The molecule has 1 aliphatic heterocycles. The lowest BCUT2D eigenvalue weighted by Crippen LogP contribution is -2.57. The summed E-state index contributed by atoms with van der Waals surface area (Å²) in [6.07, 6.45) is 4.30. The highest BCUT2D eigenvalue weighted by molar-refractivity contribution is 7.09. The van der Waals surface area contributed by atoms with Crippen LogP contribution in [0.3, 0.4) is 0 Å². The minimum atomic E-state index is -1.23. The Morgan fingerprint density at radius 1 is 1.30 bits per heavy atom. The Morgan fingerprint density at radius 3 is 2.67 bits per heavy atom. The number of ether oxygens (including phenoxy) is 2. The zero-order chi connectivity index (χ0) is 23.8. The number of rotatable bonds is 6. The molecule has 1 fully saturated rings. The second kappa shape index (κ2) is 8.72. The molecule has 0 spiro atoms. The first-order chi connectivity index (χ1) is 15.7. The van der Waals surface area contributed by atoms with Crippen LogP contribution in [0.25, 0.3) is 0 Å².